The minimum Gasteiger partial charge on any atom is -0.362 e. The zero-order chi connectivity index (χ0) is 15.2. The van der Waals surface area contributed by atoms with Crippen LogP contribution in [0.3, 0.4) is 0 Å². The summed E-state index contributed by atoms with van der Waals surface area (Å²) in [6, 6.07) is 6.23. The number of thiocarbonyl (C=S) groups is 1. The minimum atomic E-state index is 0.653. The molecule has 0 fully saturated rings. The number of aryl methyl sites for hydroxylation is 3. The molecule has 2 rings (SSSR count). The summed E-state index contributed by atoms with van der Waals surface area (Å²) >= 11 is 8.68. The third-order valence-electron chi connectivity index (χ3n) is 3.22. The van der Waals surface area contributed by atoms with Crippen molar-refractivity contribution < 1.29 is 0 Å². The van der Waals surface area contributed by atoms with E-state index < -0.39 is 0 Å². The molecule has 1 aromatic heterocycles. The topological polar surface area (TPSA) is 41.9 Å². The normalized spacial score (nSPS) is 10.4. The van der Waals surface area contributed by atoms with Gasteiger partial charge >= 0.3 is 0 Å². The van der Waals surface area contributed by atoms with Crippen molar-refractivity contribution in [1.82, 2.24) is 15.1 Å². The Balaban J connectivity index is 1.71. The number of rotatable bonds is 5. The number of aromatic nitrogens is 2. The van der Waals surface area contributed by atoms with Gasteiger partial charge in [0, 0.05) is 25.0 Å². The number of hydrogen-bond acceptors (Lipinski definition) is 2. The Morgan fingerprint density at radius 1 is 1.33 bits per heavy atom. The highest BCUT2D eigenvalue weighted by molar-refractivity contribution is 9.10. The molecule has 4 nitrogen and oxygen atoms in total. The van der Waals surface area contributed by atoms with Crippen LogP contribution in [0.4, 0.5) is 5.69 Å². The van der Waals surface area contributed by atoms with Crippen LogP contribution < -0.4 is 10.6 Å². The van der Waals surface area contributed by atoms with E-state index in [1.807, 2.05) is 16.9 Å². The fraction of sp³-hybridized carbons (Fsp3) is 0.333. The van der Waals surface area contributed by atoms with Crippen LogP contribution in [-0.2, 0) is 6.54 Å². The van der Waals surface area contributed by atoms with Crippen molar-refractivity contribution in [2.45, 2.75) is 26.8 Å². The summed E-state index contributed by atoms with van der Waals surface area (Å²) in [5.74, 6) is 0. The molecular formula is C15H19BrN4S. The summed E-state index contributed by atoms with van der Waals surface area (Å²) in [4.78, 5) is 0. The van der Waals surface area contributed by atoms with Crippen LogP contribution in [0, 0.1) is 13.8 Å². The van der Waals surface area contributed by atoms with Crippen molar-refractivity contribution in [3.05, 3.63) is 46.2 Å². The largest absolute Gasteiger partial charge is 0.362 e. The van der Waals surface area contributed by atoms with Gasteiger partial charge in [-0.05, 0) is 71.7 Å². The highest BCUT2D eigenvalue weighted by atomic mass is 79.9. The van der Waals surface area contributed by atoms with Gasteiger partial charge < -0.3 is 10.6 Å². The maximum absolute atomic E-state index is 5.29. The Hall–Kier alpha value is -1.40. The molecule has 0 saturated heterocycles. The Labute approximate surface area is 139 Å². The predicted octanol–water partition coefficient (Wildman–Crippen LogP) is 3.64. The average Bonchev–Trinajstić information content (AvgIpc) is 2.85. The number of benzene rings is 1. The third-order valence-corrected chi connectivity index (χ3v) is 3.87. The van der Waals surface area contributed by atoms with Gasteiger partial charge in [0.2, 0.25) is 0 Å². The number of nitrogens with one attached hydrogen (secondary N) is 2. The van der Waals surface area contributed by atoms with Crippen molar-refractivity contribution >= 4 is 38.9 Å². The molecule has 0 aliphatic rings. The zero-order valence-electron chi connectivity index (χ0n) is 12.2. The fourth-order valence-electron chi connectivity index (χ4n) is 1.90. The van der Waals surface area contributed by atoms with Gasteiger partial charge in [-0.15, -0.1) is 0 Å². The second kappa shape index (κ2) is 7.56. The summed E-state index contributed by atoms with van der Waals surface area (Å²) in [6.45, 7) is 5.88. The Bertz CT molecular complexity index is 624. The van der Waals surface area contributed by atoms with E-state index in [9.17, 15) is 0 Å². The van der Waals surface area contributed by atoms with Crippen LogP contribution in [0.25, 0.3) is 0 Å². The van der Waals surface area contributed by atoms with Crippen molar-refractivity contribution in [1.29, 1.82) is 0 Å². The molecule has 1 aromatic carbocycles. The van der Waals surface area contributed by atoms with E-state index in [1.54, 1.807) is 6.20 Å². The van der Waals surface area contributed by atoms with Gasteiger partial charge in [-0.3, -0.25) is 4.68 Å². The molecular weight excluding hydrogens is 348 g/mol. The SMILES string of the molecule is Cc1ccc(NC(=S)NCCCn2cc(Br)cn2)cc1C. The molecule has 2 N–H and O–H groups in total. The van der Waals surface area contributed by atoms with Crippen LogP contribution >= 0.6 is 28.1 Å². The van der Waals surface area contributed by atoms with Gasteiger partial charge in [-0.1, -0.05) is 6.07 Å². The van der Waals surface area contributed by atoms with Crippen LogP contribution in [0.5, 0.6) is 0 Å². The molecule has 0 bridgehead atoms. The van der Waals surface area contributed by atoms with Gasteiger partial charge in [0.15, 0.2) is 5.11 Å². The molecule has 6 heteroatoms. The maximum atomic E-state index is 5.29. The van der Waals surface area contributed by atoms with E-state index in [0.29, 0.717) is 5.11 Å². The highest BCUT2D eigenvalue weighted by Crippen LogP contribution is 2.13. The molecule has 0 amide bonds. The number of nitrogens with zero attached hydrogens (tertiary/aromatic N) is 2. The maximum Gasteiger partial charge on any atom is 0.170 e. The van der Waals surface area contributed by atoms with Gasteiger partial charge in [-0.25, -0.2) is 0 Å². The summed E-state index contributed by atoms with van der Waals surface area (Å²) in [5.41, 5.74) is 3.56. The predicted molar refractivity (Wildman–Crippen MR) is 94.7 cm³/mol. The Morgan fingerprint density at radius 3 is 2.81 bits per heavy atom. The number of anilines is 1. The number of halogens is 1. The Kier molecular flexibility index (Phi) is 5.76. The molecule has 0 unspecified atom stereocenters. The van der Waals surface area contributed by atoms with Gasteiger partial charge in [0.05, 0.1) is 10.7 Å². The first-order valence-corrected chi connectivity index (χ1v) is 8.05. The van der Waals surface area contributed by atoms with Gasteiger partial charge in [0.25, 0.3) is 0 Å². The quantitative estimate of drug-likeness (QED) is 0.626. The second-order valence-electron chi connectivity index (χ2n) is 4.96. The van der Waals surface area contributed by atoms with Crippen molar-refractivity contribution in [3.8, 4) is 0 Å². The second-order valence-corrected chi connectivity index (χ2v) is 6.28. The summed E-state index contributed by atoms with van der Waals surface area (Å²) < 4.78 is 2.91. The van der Waals surface area contributed by atoms with E-state index >= 15 is 0 Å². The summed E-state index contributed by atoms with van der Waals surface area (Å²) in [7, 11) is 0. The fourth-order valence-corrected chi connectivity index (χ4v) is 2.45. The van der Waals surface area contributed by atoms with E-state index in [0.717, 1.165) is 29.7 Å². The van der Waals surface area contributed by atoms with E-state index in [-0.39, 0.29) is 0 Å². The molecule has 2 aromatic rings. The molecule has 1 heterocycles. The van der Waals surface area contributed by atoms with E-state index in [1.165, 1.54) is 11.1 Å². The van der Waals surface area contributed by atoms with Crippen molar-refractivity contribution in [2.24, 2.45) is 0 Å². The van der Waals surface area contributed by atoms with Crippen LogP contribution in [0.2, 0.25) is 0 Å². The summed E-state index contributed by atoms with van der Waals surface area (Å²) in [6.07, 6.45) is 4.72. The van der Waals surface area contributed by atoms with E-state index in [4.69, 9.17) is 12.2 Å². The molecule has 21 heavy (non-hydrogen) atoms. The average molecular weight is 367 g/mol. The zero-order valence-corrected chi connectivity index (χ0v) is 14.6. The smallest absolute Gasteiger partial charge is 0.170 e. The van der Waals surface area contributed by atoms with Crippen LogP contribution in [0.1, 0.15) is 17.5 Å². The standard InChI is InChI=1S/C15H19BrN4S/c1-11-4-5-14(8-12(11)2)19-15(21)17-6-3-7-20-10-13(16)9-18-20/h4-5,8-10H,3,6-7H2,1-2H3,(H2,17,19,21). The first kappa shape index (κ1) is 16.0. The van der Waals surface area contributed by atoms with Crippen LogP contribution in [0.15, 0.2) is 35.1 Å². The minimum absolute atomic E-state index is 0.653. The molecule has 0 aliphatic carbocycles. The molecule has 0 atom stereocenters. The molecule has 0 spiro atoms. The molecule has 112 valence electrons. The highest BCUT2D eigenvalue weighted by Gasteiger charge is 2.00. The van der Waals surface area contributed by atoms with Crippen molar-refractivity contribution in [2.75, 3.05) is 11.9 Å². The lowest BCUT2D eigenvalue weighted by Gasteiger charge is -2.11. The lowest BCUT2D eigenvalue weighted by Crippen LogP contribution is -2.29. The third kappa shape index (κ3) is 5.13. The lowest BCUT2D eigenvalue weighted by molar-refractivity contribution is 0.573. The first-order chi connectivity index (χ1) is 10.0. The Morgan fingerprint density at radius 2 is 2.14 bits per heavy atom. The van der Waals surface area contributed by atoms with E-state index in [2.05, 4.69) is 57.6 Å². The molecule has 0 saturated carbocycles. The first-order valence-electron chi connectivity index (χ1n) is 6.84. The lowest BCUT2D eigenvalue weighted by atomic mass is 10.1. The van der Waals surface area contributed by atoms with Gasteiger partial charge in [-0.2, -0.15) is 5.10 Å². The molecule has 0 aliphatic heterocycles. The van der Waals surface area contributed by atoms with Crippen molar-refractivity contribution in [3.63, 3.8) is 0 Å². The monoisotopic (exact) mass is 366 g/mol. The van der Waals surface area contributed by atoms with Gasteiger partial charge in [0.1, 0.15) is 0 Å². The molecule has 0 radical (unpaired) electrons. The number of hydrogen-bond donors (Lipinski definition) is 2. The van der Waals surface area contributed by atoms with Crippen LogP contribution in [-0.4, -0.2) is 21.4 Å². The summed E-state index contributed by atoms with van der Waals surface area (Å²) in [5, 5.41) is 11.3.